The summed E-state index contributed by atoms with van der Waals surface area (Å²) in [5.74, 6) is 1.58. The fourth-order valence-corrected chi connectivity index (χ4v) is 4.06. The third kappa shape index (κ3) is 5.36. The number of ether oxygens (including phenoxy) is 1. The van der Waals surface area contributed by atoms with E-state index in [4.69, 9.17) is 4.74 Å². The number of halogens is 3. The van der Waals surface area contributed by atoms with Gasteiger partial charge in [0.25, 0.3) is 0 Å². The fourth-order valence-electron chi connectivity index (χ4n) is 4.06. The fraction of sp³-hybridized carbons (Fsp3) is 0.500. The maximum atomic E-state index is 12.9. The Morgan fingerprint density at radius 1 is 1.00 bits per heavy atom. The van der Waals surface area contributed by atoms with Gasteiger partial charge in [-0.25, -0.2) is 0 Å². The minimum absolute atomic E-state index is 0.0790. The number of piperazine rings is 1. The van der Waals surface area contributed by atoms with Gasteiger partial charge in [0.05, 0.1) is 5.56 Å². The number of hydrogen-bond acceptors (Lipinski definition) is 5. The molecule has 2 heterocycles. The predicted octanol–water partition coefficient (Wildman–Crippen LogP) is 4.31. The third-order valence-electron chi connectivity index (χ3n) is 5.67. The lowest BCUT2D eigenvalue weighted by Crippen LogP contribution is -2.43. The molecule has 2 aliphatic rings. The van der Waals surface area contributed by atoms with E-state index in [9.17, 15) is 13.2 Å². The van der Waals surface area contributed by atoms with E-state index in [1.807, 2.05) is 18.2 Å². The summed E-state index contributed by atoms with van der Waals surface area (Å²) < 4.78 is 44.8. The standard InChI is InChI=1S/C22H27F3N4O/c23-22(24,25)16-3-1-4-18(15-16)27-17-7-9-19(10-8-17)30-21-6-2-5-20(28-21)29-13-11-26-12-14-29/h1-6,15,17,19,26-27H,7-14H2. The van der Waals surface area contributed by atoms with Crippen LogP contribution in [0.3, 0.4) is 0 Å². The number of alkyl halides is 3. The maximum absolute atomic E-state index is 12.9. The normalized spacial score (nSPS) is 22.6. The van der Waals surface area contributed by atoms with Gasteiger partial charge in [-0.1, -0.05) is 12.1 Å². The molecule has 2 fully saturated rings. The van der Waals surface area contributed by atoms with Gasteiger partial charge in [0, 0.05) is 44.0 Å². The van der Waals surface area contributed by atoms with Crippen molar-refractivity contribution >= 4 is 11.5 Å². The average Bonchev–Trinajstić information content (AvgIpc) is 2.76. The molecule has 1 aliphatic carbocycles. The number of anilines is 2. The lowest BCUT2D eigenvalue weighted by molar-refractivity contribution is -0.137. The molecule has 0 spiro atoms. The van der Waals surface area contributed by atoms with Crippen molar-refractivity contribution in [3.05, 3.63) is 48.0 Å². The zero-order valence-corrected chi connectivity index (χ0v) is 16.8. The van der Waals surface area contributed by atoms with Gasteiger partial charge < -0.3 is 20.3 Å². The molecule has 0 bridgehead atoms. The third-order valence-corrected chi connectivity index (χ3v) is 5.67. The highest BCUT2D eigenvalue weighted by molar-refractivity contribution is 5.47. The van der Waals surface area contributed by atoms with Crippen LogP contribution in [0.2, 0.25) is 0 Å². The molecule has 0 radical (unpaired) electrons. The van der Waals surface area contributed by atoms with E-state index in [2.05, 4.69) is 20.5 Å². The van der Waals surface area contributed by atoms with E-state index >= 15 is 0 Å². The Morgan fingerprint density at radius 3 is 2.47 bits per heavy atom. The molecule has 1 aliphatic heterocycles. The van der Waals surface area contributed by atoms with E-state index < -0.39 is 11.7 Å². The smallest absolute Gasteiger partial charge is 0.416 e. The summed E-state index contributed by atoms with van der Waals surface area (Å²) in [6.45, 7) is 3.77. The topological polar surface area (TPSA) is 49.4 Å². The number of pyridine rings is 1. The monoisotopic (exact) mass is 420 g/mol. The van der Waals surface area contributed by atoms with Crippen LogP contribution >= 0.6 is 0 Å². The minimum atomic E-state index is -4.32. The number of benzene rings is 1. The van der Waals surface area contributed by atoms with Gasteiger partial charge in [0.2, 0.25) is 5.88 Å². The Labute approximate surface area is 174 Å². The molecule has 8 heteroatoms. The van der Waals surface area contributed by atoms with E-state index in [-0.39, 0.29) is 12.1 Å². The molecule has 162 valence electrons. The van der Waals surface area contributed by atoms with Crippen LogP contribution in [0.4, 0.5) is 24.7 Å². The van der Waals surface area contributed by atoms with E-state index in [0.717, 1.165) is 63.7 Å². The molecule has 4 rings (SSSR count). The van der Waals surface area contributed by atoms with Crippen molar-refractivity contribution in [3.8, 4) is 5.88 Å². The Morgan fingerprint density at radius 2 is 1.73 bits per heavy atom. The molecule has 1 saturated carbocycles. The Balaban J connectivity index is 1.29. The highest BCUT2D eigenvalue weighted by Crippen LogP contribution is 2.32. The number of nitrogens with zero attached hydrogens (tertiary/aromatic N) is 2. The van der Waals surface area contributed by atoms with Crippen molar-refractivity contribution in [3.63, 3.8) is 0 Å². The lowest BCUT2D eigenvalue weighted by atomic mass is 9.92. The number of nitrogens with one attached hydrogen (secondary N) is 2. The van der Waals surface area contributed by atoms with Crippen LogP contribution < -0.4 is 20.3 Å². The molecule has 0 atom stereocenters. The van der Waals surface area contributed by atoms with E-state index in [1.54, 1.807) is 6.07 Å². The predicted molar refractivity (Wildman–Crippen MR) is 111 cm³/mol. The molecule has 0 amide bonds. The molecule has 1 aromatic carbocycles. The largest absolute Gasteiger partial charge is 0.474 e. The first-order valence-electron chi connectivity index (χ1n) is 10.5. The zero-order valence-electron chi connectivity index (χ0n) is 16.8. The van der Waals surface area contributed by atoms with E-state index in [1.165, 1.54) is 12.1 Å². The van der Waals surface area contributed by atoms with Gasteiger partial charge in [-0.2, -0.15) is 18.2 Å². The second-order valence-electron chi connectivity index (χ2n) is 7.89. The highest BCUT2D eigenvalue weighted by atomic mass is 19.4. The van der Waals surface area contributed by atoms with Crippen molar-refractivity contribution < 1.29 is 17.9 Å². The molecule has 5 nitrogen and oxygen atoms in total. The first-order chi connectivity index (χ1) is 14.5. The number of aromatic nitrogens is 1. The molecule has 2 aromatic rings. The highest BCUT2D eigenvalue weighted by Gasteiger charge is 2.31. The SMILES string of the molecule is FC(F)(F)c1cccc(NC2CCC(Oc3cccc(N4CCNCC4)n3)CC2)c1. The molecular formula is C22H27F3N4O. The van der Waals surface area contributed by atoms with Crippen molar-refractivity contribution in [2.75, 3.05) is 36.4 Å². The summed E-state index contributed by atoms with van der Waals surface area (Å²) in [5, 5.41) is 6.58. The summed E-state index contributed by atoms with van der Waals surface area (Å²) in [6, 6.07) is 11.4. The molecule has 30 heavy (non-hydrogen) atoms. The summed E-state index contributed by atoms with van der Waals surface area (Å²) in [5.41, 5.74) is -0.112. The first-order valence-corrected chi connectivity index (χ1v) is 10.5. The van der Waals surface area contributed by atoms with Gasteiger partial charge in [-0.3, -0.25) is 0 Å². The van der Waals surface area contributed by atoms with Crippen LogP contribution in [0.1, 0.15) is 31.2 Å². The van der Waals surface area contributed by atoms with Crippen LogP contribution in [-0.4, -0.2) is 43.3 Å². The molecule has 1 aromatic heterocycles. The number of rotatable bonds is 5. The first kappa shape index (κ1) is 20.8. The minimum Gasteiger partial charge on any atom is -0.474 e. The summed E-state index contributed by atoms with van der Waals surface area (Å²) in [7, 11) is 0. The molecule has 2 N–H and O–H groups in total. The summed E-state index contributed by atoms with van der Waals surface area (Å²) in [6.07, 6.45) is -0.867. The van der Waals surface area contributed by atoms with Crippen LogP contribution in [0, 0.1) is 0 Å². The van der Waals surface area contributed by atoms with E-state index in [0.29, 0.717) is 11.6 Å². The Hall–Kier alpha value is -2.48. The van der Waals surface area contributed by atoms with Crippen molar-refractivity contribution in [2.24, 2.45) is 0 Å². The van der Waals surface area contributed by atoms with Crippen molar-refractivity contribution in [2.45, 2.75) is 44.0 Å². The van der Waals surface area contributed by atoms with Gasteiger partial charge in [-0.15, -0.1) is 0 Å². The van der Waals surface area contributed by atoms with Crippen LogP contribution in [0.15, 0.2) is 42.5 Å². The lowest BCUT2D eigenvalue weighted by Gasteiger charge is -2.31. The molecule has 1 saturated heterocycles. The van der Waals surface area contributed by atoms with Crippen molar-refractivity contribution in [1.82, 2.24) is 10.3 Å². The van der Waals surface area contributed by atoms with Crippen LogP contribution in [0.25, 0.3) is 0 Å². The second-order valence-corrected chi connectivity index (χ2v) is 7.89. The second kappa shape index (κ2) is 9.12. The van der Waals surface area contributed by atoms with Gasteiger partial charge >= 0.3 is 6.18 Å². The van der Waals surface area contributed by atoms with Gasteiger partial charge in [0.1, 0.15) is 11.9 Å². The Kier molecular flexibility index (Phi) is 6.32. The van der Waals surface area contributed by atoms with Crippen LogP contribution in [-0.2, 0) is 6.18 Å². The zero-order chi connectivity index (χ0) is 21.0. The average molecular weight is 420 g/mol. The summed E-state index contributed by atoms with van der Waals surface area (Å²) in [4.78, 5) is 6.91. The Bertz CT molecular complexity index is 831. The van der Waals surface area contributed by atoms with Gasteiger partial charge in [0.15, 0.2) is 0 Å². The maximum Gasteiger partial charge on any atom is 0.416 e. The quantitative estimate of drug-likeness (QED) is 0.755. The number of hydrogen-bond donors (Lipinski definition) is 2. The van der Waals surface area contributed by atoms with Crippen LogP contribution in [0.5, 0.6) is 5.88 Å². The van der Waals surface area contributed by atoms with Gasteiger partial charge in [-0.05, 0) is 49.9 Å². The summed E-state index contributed by atoms with van der Waals surface area (Å²) >= 11 is 0. The van der Waals surface area contributed by atoms with Crippen molar-refractivity contribution in [1.29, 1.82) is 0 Å². The molecule has 0 unspecified atom stereocenters. The molecular weight excluding hydrogens is 393 g/mol.